The molecule has 0 saturated carbocycles. The number of nitrogens with zero attached hydrogens (tertiary/aromatic N) is 2. The Morgan fingerprint density at radius 2 is 1.42 bits per heavy atom. The number of carboxylic acids is 1. The molecule has 4 aromatic rings. The van der Waals surface area contributed by atoms with Crippen molar-refractivity contribution in [3.8, 4) is 11.1 Å². The van der Waals surface area contributed by atoms with Crippen LogP contribution in [0.2, 0.25) is 0 Å². The van der Waals surface area contributed by atoms with Gasteiger partial charge >= 0.3 is 5.97 Å². The highest BCUT2D eigenvalue weighted by atomic mass is 32.1. The van der Waals surface area contributed by atoms with E-state index in [-0.39, 0.29) is 11.5 Å². The minimum absolute atomic E-state index is 0.0638. The molecule has 0 saturated heterocycles. The third kappa shape index (κ3) is 5.63. The highest BCUT2D eigenvalue weighted by Gasteiger charge is 2.14. The first kappa shape index (κ1) is 20.9. The van der Waals surface area contributed by atoms with E-state index in [1.165, 1.54) is 29.0 Å². The van der Waals surface area contributed by atoms with Crippen LogP contribution in [0.3, 0.4) is 0 Å². The van der Waals surface area contributed by atoms with Crippen LogP contribution in [0, 0.1) is 5.82 Å². The molecule has 0 aliphatic heterocycles. The van der Waals surface area contributed by atoms with Gasteiger partial charge in [0.2, 0.25) is 0 Å². The van der Waals surface area contributed by atoms with Gasteiger partial charge < -0.3 is 5.11 Å². The first-order chi connectivity index (χ1) is 15.1. The van der Waals surface area contributed by atoms with Crippen molar-refractivity contribution >= 4 is 17.3 Å². The smallest absolute Gasteiger partial charge is 0.355 e. The summed E-state index contributed by atoms with van der Waals surface area (Å²) < 4.78 is 13.3. The number of rotatable bonds is 8. The first-order valence-electron chi connectivity index (χ1n) is 9.86. The summed E-state index contributed by atoms with van der Waals surface area (Å²) in [5, 5.41) is 11.4. The molecule has 0 spiro atoms. The Kier molecular flexibility index (Phi) is 6.50. The molecule has 0 bridgehead atoms. The summed E-state index contributed by atoms with van der Waals surface area (Å²) >= 11 is 1.34. The molecular formula is C25H21FN2O2S. The molecule has 4 rings (SSSR count). The van der Waals surface area contributed by atoms with E-state index in [0.29, 0.717) is 19.6 Å². The second-order valence-corrected chi connectivity index (χ2v) is 8.21. The van der Waals surface area contributed by atoms with E-state index >= 15 is 0 Å². The number of carboxylic acid groups (broad SMARTS) is 1. The number of carbonyl (C=O) groups is 1. The van der Waals surface area contributed by atoms with Gasteiger partial charge in [-0.15, -0.1) is 11.3 Å². The Balaban J connectivity index is 1.52. The zero-order valence-corrected chi connectivity index (χ0v) is 17.6. The van der Waals surface area contributed by atoms with Crippen LogP contribution < -0.4 is 0 Å². The van der Waals surface area contributed by atoms with Gasteiger partial charge in [0, 0.05) is 18.5 Å². The van der Waals surface area contributed by atoms with E-state index in [9.17, 15) is 9.18 Å². The summed E-state index contributed by atoms with van der Waals surface area (Å²) in [6.07, 6.45) is 0. The van der Waals surface area contributed by atoms with Gasteiger partial charge in [-0.05, 0) is 34.4 Å². The molecule has 0 radical (unpaired) electrons. The van der Waals surface area contributed by atoms with Crippen molar-refractivity contribution in [3.63, 3.8) is 0 Å². The average molecular weight is 433 g/mol. The van der Waals surface area contributed by atoms with Gasteiger partial charge in [0.05, 0.1) is 6.54 Å². The fraction of sp³-hybridized carbons (Fsp3) is 0.120. The topological polar surface area (TPSA) is 53.4 Å². The minimum Gasteiger partial charge on any atom is -0.476 e. The number of benzene rings is 3. The van der Waals surface area contributed by atoms with Crippen LogP contribution in [-0.2, 0) is 19.6 Å². The summed E-state index contributed by atoms with van der Waals surface area (Å²) in [6, 6.07) is 25.1. The van der Waals surface area contributed by atoms with E-state index in [0.717, 1.165) is 21.7 Å². The van der Waals surface area contributed by atoms with Crippen LogP contribution in [0.25, 0.3) is 11.1 Å². The maximum absolute atomic E-state index is 13.3. The summed E-state index contributed by atoms with van der Waals surface area (Å²) in [5.74, 6) is -1.29. The first-order valence-corrected chi connectivity index (χ1v) is 10.7. The molecule has 0 atom stereocenters. The monoisotopic (exact) mass is 432 g/mol. The minimum atomic E-state index is -1.02. The Morgan fingerprint density at radius 1 is 0.839 bits per heavy atom. The van der Waals surface area contributed by atoms with Crippen LogP contribution in [0.1, 0.15) is 26.6 Å². The largest absolute Gasteiger partial charge is 0.476 e. The predicted molar refractivity (Wildman–Crippen MR) is 120 cm³/mol. The van der Waals surface area contributed by atoms with E-state index in [1.54, 1.807) is 17.5 Å². The number of aromatic carboxylic acids is 1. The maximum atomic E-state index is 13.3. The van der Waals surface area contributed by atoms with Gasteiger partial charge in [-0.2, -0.15) is 0 Å². The highest BCUT2D eigenvalue weighted by Crippen LogP contribution is 2.22. The third-order valence-electron chi connectivity index (χ3n) is 4.92. The summed E-state index contributed by atoms with van der Waals surface area (Å²) in [4.78, 5) is 17.6. The number of hydrogen-bond acceptors (Lipinski definition) is 4. The molecule has 0 aliphatic carbocycles. The Morgan fingerprint density at radius 3 is 2.00 bits per heavy atom. The molecule has 0 amide bonds. The molecule has 1 aromatic heterocycles. The number of aromatic nitrogens is 1. The Bertz CT molecular complexity index is 1140. The average Bonchev–Trinajstić information content (AvgIpc) is 3.25. The van der Waals surface area contributed by atoms with Crippen molar-refractivity contribution in [3.05, 3.63) is 112 Å². The van der Waals surface area contributed by atoms with Gasteiger partial charge in [0.1, 0.15) is 10.8 Å². The van der Waals surface area contributed by atoms with Crippen molar-refractivity contribution in [2.45, 2.75) is 19.6 Å². The van der Waals surface area contributed by atoms with Crippen LogP contribution in [0.15, 0.2) is 84.2 Å². The molecule has 0 aliphatic rings. The van der Waals surface area contributed by atoms with Crippen LogP contribution in [0.4, 0.5) is 4.39 Å². The molecule has 3 aromatic carbocycles. The molecule has 156 valence electrons. The molecular weight excluding hydrogens is 411 g/mol. The number of halogens is 1. The van der Waals surface area contributed by atoms with Crippen LogP contribution in [-0.4, -0.2) is 21.0 Å². The Hall–Kier alpha value is -3.35. The van der Waals surface area contributed by atoms with E-state index in [4.69, 9.17) is 5.11 Å². The van der Waals surface area contributed by atoms with Gasteiger partial charge in [0.25, 0.3) is 0 Å². The summed E-state index contributed by atoms with van der Waals surface area (Å²) in [5.41, 5.74) is 4.50. The lowest BCUT2D eigenvalue weighted by Crippen LogP contribution is -2.22. The zero-order valence-electron chi connectivity index (χ0n) is 16.7. The van der Waals surface area contributed by atoms with Crippen molar-refractivity contribution in [2.24, 2.45) is 0 Å². The van der Waals surface area contributed by atoms with Crippen molar-refractivity contribution in [2.75, 3.05) is 0 Å². The van der Waals surface area contributed by atoms with Crippen molar-refractivity contribution in [1.82, 2.24) is 9.88 Å². The lowest BCUT2D eigenvalue weighted by atomic mass is 10.0. The molecule has 0 fully saturated rings. The predicted octanol–water partition coefficient (Wildman–Crippen LogP) is 5.85. The number of thiazole rings is 1. The lowest BCUT2D eigenvalue weighted by molar-refractivity contribution is 0.0691. The Labute approximate surface area is 184 Å². The molecule has 31 heavy (non-hydrogen) atoms. The molecule has 1 heterocycles. The maximum Gasteiger partial charge on any atom is 0.355 e. The normalized spacial score (nSPS) is 11.0. The number of hydrogen-bond donors (Lipinski definition) is 1. The van der Waals surface area contributed by atoms with Gasteiger partial charge in [-0.1, -0.05) is 66.7 Å². The second kappa shape index (κ2) is 9.64. The zero-order chi connectivity index (χ0) is 21.6. The lowest BCUT2D eigenvalue weighted by Gasteiger charge is -2.22. The van der Waals surface area contributed by atoms with Crippen LogP contribution >= 0.6 is 11.3 Å². The van der Waals surface area contributed by atoms with Crippen LogP contribution in [0.5, 0.6) is 0 Å². The van der Waals surface area contributed by atoms with Crippen molar-refractivity contribution < 1.29 is 14.3 Å². The molecule has 0 unspecified atom stereocenters. The summed E-state index contributed by atoms with van der Waals surface area (Å²) in [6.45, 7) is 1.77. The fourth-order valence-corrected chi connectivity index (χ4v) is 4.19. The van der Waals surface area contributed by atoms with Gasteiger partial charge in [-0.3, -0.25) is 4.90 Å². The third-order valence-corrected chi connectivity index (χ3v) is 5.75. The molecule has 1 N–H and O–H groups in total. The second-order valence-electron chi connectivity index (χ2n) is 7.27. The quantitative estimate of drug-likeness (QED) is 0.379. The molecule has 6 heteroatoms. The summed E-state index contributed by atoms with van der Waals surface area (Å²) in [7, 11) is 0. The highest BCUT2D eigenvalue weighted by molar-refractivity contribution is 7.09. The van der Waals surface area contributed by atoms with E-state index < -0.39 is 5.97 Å². The van der Waals surface area contributed by atoms with Crippen molar-refractivity contribution in [1.29, 1.82) is 0 Å². The van der Waals surface area contributed by atoms with E-state index in [2.05, 4.69) is 46.3 Å². The standard InChI is InChI=1S/C25H21FN2O2S/c26-22-12-8-19(9-13-22)15-28(16-24-27-23(17-31-24)25(29)30)14-18-6-10-21(11-7-18)20-4-2-1-3-5-20/h1-13,17H,14-16H2,(H,29,30). The van der Waals surface area contributed by atoms with Gasteiger partial charge in [-0.25, -0.2) is 14.2 Å². The van der Waals surface area contributed by atoms with Gasteiger partial charge in [0.15, 0.2) is 5.69 Å². The fourth-order valence-electron chi connectivity index (χ4n) is 3.38. The SMILES string of the molecule is O=C(O)c1csc(CN(Cc2ccc(F)cc2)Cc2ccc(-c3ccccc3)cc2)n1. The van der Waals surface area contributed by atoms with E-state index in [1.807, 2.05) is 18.2 Å². The molecule has 4 nitrogen and oxygen atoms in total.